The maximum atomic E-state index is 9.52. The second-order valence-electron chi connectivity index (χ2n) is 5.10. The lowest BCUT2D eigenvalue weighted by Gasteiger charge is -2.36. The molecule has 1 saturated heterocycles. The van der Waals surface area contributed by atoms with E-state index in [1.807, 2.05) is 12.1 Å². The minimum Gasteiger partial charge on any atom is -0.508 e. The van der Waals surface area contributed by atoms with Crippen molar-refractivity contribution in [1.82, 2.24) is 10.2 Å². The third-order valence-corrected chi connectivity index (χ3v) is 3.68. The average Bonchev–Trinajstić information content (AvgIpc) is 2.38. The third-order valence-electron chi connectivity index (χ3n) is 3.68. The fraction of sp³-hybridized carbons (Fsp3) is 0.600. The summed E-state index contributed by atoms with van der Waals surface area (Å²) >= 11 is 0. The highest BCUT2D eigenvalue weighted by Gasteiger charge is 2.21. The molecule has 1 unspecified atom stereocenters. The Labute approximate surface area is 110 Å². The van der Waals surface area contributed by atoms with Crippen LogP contribution in [0, 0.1) is 0 Å². The van der Waals surface area contributed by atoms with Crippen LogP contribution in [0.15, 0.2) is 24.3 Å². The van der Waals surface area contributed by atoms with Gasteiger partial charge in [0.1, 0.15) is 5.75 Å². The zero-order valence-electron chi connectivity index (χ0n) is 11.2. The third kappa shape index (κ3) is 3.72. The number of hydrogen-bond donors (Lipinski definition) is 2. The number of likely N-dealkylation sites (N-methyl/N-ethyl adjacent to an activating group) is 1. The molecule has 100 valence electrons. The molecule has 0 spiro atoms. The number of rotatable bonds is 5. The van der Waals surface area contributed by atoms with Crippen molar-refractivity contribution in [3.63, 3.8) is 0 Å². The van der Waals surface area contributed by atoms with Crippen LogP contribution in [0.3, 0.4) is 0 Å². The summed E-state index contributed by atoms with van der Waals surface area (Å²) in [7, 11) is 0. The molecule has 1 aromatic carbocycles. The van der Waals surface area contributed by atoms with Crippen LogP contribution in [0.5, 0.6) is 5.75 Å². The first-order chi connectivity index (χ1) is 8.79. The number of hydrogen-bond acceptors (Lipinski definition) is 3. The fourth-order valence-electron chi connectivity index (χ4n) is 2.70. The second kappa shape index (κ2) is 6.76. The molecule has 0 aromatic heterocycles. The van der Waals surface area contributed by atoms with Gasteiger partial charge in [-0.3, -0.25) is 4.90 Å². The van der Waals surface area contributed by atoms with Gasteiger partial charge in [-0.2, -0.15) is 0 Å². The highest BCUT2D eigenvalue weighted by Crippen LogP contribution is 2.20. The molecule has 1 heterocycles. The van der Waals surface area contributed by atoms with Gasteiger partial charge in [0.05, 0.1) is 0 Å². The number of benzene rings is 1. The van der Waals surface area contributed by atoms with Crippen LogP contribution < -0.4 is 5.32 Å². The summed E-state index contributed by atoms with van der Waals surface area (Å²) in [6.45, 7) is 6.39. The molecule has 1 fully saturated rings. The van der Waals surface area contributed by atoms with E-state index in [9.17, 15) is 5.11 Å². The van der Waals surface area contributed by atoms with Gasteiger partial charge in [-0.15, -0.1) is 0 Å². The Balaban J connectivity index is 1.96. The van der Waals surface area contributed by atoms with Crippen LogP contribution in [0.25, 0.3) is 0 Å². The largest absolute Gasteiger partial charge is 0.508 e. The number of piperidine rings is 1. The molecule has 2 N–H and O–H groups in total. The molecule has 0 amide bonds. The number of aromatic hydroxyl groups is 1. The van der Waals surface area contributed by atoms with E-state index < -0.39 is 0 Å². The molecule has 1 aliphatic rings. The van der Waals surface area contributed by atoms with Crippen molar-refractivity contribution in [1.29, 1.82) is 0 Å². The smallest absolute Gasteiger partial charge is 0.115 e. The summed E-state index contributed by atoms with van der Waals surface area (Å²) in [4.78, 5) is 2.54. The van der Waals surface area contributed by atoms with Crippen molar-refractivity contribution in [2.24, 2.45) is 0 Å². The number of phenolic OH excluding ortho intramolecular Hbond substituents is 1. The van der Waals surface area contributed by atoms with Gasteiger partial charge in [-0.05, 0) is 43.6 Å². The summed E-state index contributed by atoms with van der Waals surface area (Å²) in [5.41, 5.74) is 1.21. The van der Waals surface area contributed by atoms with Gasteiger partial charge in [-0.25, -0.2) is 0 Å². The van der Waals surface area contributed by atoms with Crippen molar-refractivity contribution in [2.45, 2.75) is 38.8 Å². The standard InChI is InChI=1S/C15H24N2O/c1-2-16-11-14-7-3-4-9-17(14)12-13-6-5-8-15(18)10-13/h5-6,8,10,14,16,18H,2-4,7,9,11-12H2,1H3. The lowest BCUT2D eigenvalue weighted by molar-refractivity contribution is 0.138. The molecule has 2 rings (SSSR count). The van der Waals surface area contributed by atoms with Crippen molar-refractivity contribution in [3.05, 3.63) is 29.8 Å². The van der Waals surface area contributed by atoms with Gasteiger partial charge in [0.25, 0.3) is 0 Å². The predicted molar refractivity (Wildman–Crippen MR) is 74.7 cm³/mol. The molecule has 0 saturated carbocycles. The highest BCUT2D eigenvalue weighted by atomic mass is 16.3. The van der Waals surface area contributed by atoms with Crippen LogP contribution in [-0.2, 0) is 6.54 Å². The van der Waals surface area contributed by atoms with E-state index in [1.165, 1.54) is 31.4 Å². The van der Waals surface area contributed by atoms with E-state index >= 15 is 0 Å². The predicted octanol–water partition coefficient (Wildman–Crippen LogP) is 2.36. The Bertz CT molecular complexity index is 367. The quantitative estimate of drug-likeness (QED) is 0.839. The molecule has 1 atom stereocenters. The summed E-state index contributed by atoms with van der Waals surface area (Å²) < 4.78 is 0. The Morgan fingerprint density at radius 3 is 3.06 bits per heavy atom. The zero-order valence-corrected chi connectivity index (χ0v) is 11.2. The molecule has 18 heavy (non-hydrogen) atoms. The maximum Gasteiger partial charge on any atom is 0.115 e. The topological polar surface area (TPSA) is 35.5 Å². The molecule has 1 aliphatic heterocycles. The van der Waals surface area contributed by atoms with Crippen molar-refractivity contribution < 1.29 is 5.11 Å². The first-order valence-corrected chi connectivity index (χ1v) is 7.02. The normalized spacial score (nSPS) is 21.1. The van der Waals surface area contributed by atoms with E-state index in [2.05, 4.69) is 23.2 Å². The molecule has 1 aromatic rings. The first-order valence-electron chi connectivity index (χ1n) is 7.02. The van der Waals surface area contributed by atoms with Crippen LogP contribution >= 0.6 is 0 Å². The average molecular weight is 248 g/mol. The van der Waals surface area contributed by atoms with E-state index in [4.69, 9.17) is 0 Å². The van der Waals surface area contributed by atoms with E-state index in [0.717, 1.165) is 19.6 Å². The summed E-state index contributed by atoms with van der Waals surface area (Å²) in [6.07, 6.45) is 3.92. The monoisotopic (exact) mass is 248 g/mol. The van der Waals surface area contributed by atoms with Gasteiger partial charge < -0.3 is 10.4 Å². The van der Waals surface area contributed by atoms with Gasteiger partial charge in [0, 0.05) is 19.1 Å². The summed E-state index contributed by atoms with van der Waals surface area (Å²) in [6, 6.07) is 8.27. The van der Waals surface area contributed by atoms with Gasteiger partial charge >= 0.3 is 0 Å². The van der Waals surface area contributed by atoms with E-state index in [0.29, 0.717) is 11.8 Å². The molecule has 3 heteroatoms. The minimum atomic E-state index is 0.368. The van der Waals surface area contributed by atoms with Gasteiger partial charge in [0.2, 0.25) is 0 Å². The SMILES string of the molecule is CCNCC1CCCCN1Cc1cccc(O)c1. The molecule has 0 radical (unpaired) electrons. The molecular formula is C15H24N2O. The van der Waals surface area contributed by atoms with E-state index in [-0.39, 0.29) is 0 Å². The van der Waals surface area contributed by atoms with Crippen molar-refractivity contribution in [3.8, 4) is 5.75 Å². The van der Waals surface area contributed by atoms with Crippen LogP contribution in [0.4, 0.5) is 0 Å². The summed E-state index contributed by atoms with van der Waals surface area (Å²) in [5.74, 6) is 0.368. The first kappa shape index (κ1) is 13.4. The van der Waals surface area contributed by atoms with Gasteiger partial charge in [-0.1, -0.05) is 25.5 Å². The van der Waals surface area contributed by atoms with Crippen LogP contribution in [0.2, 0.25) is 0 Å². The van der Waals surface area contributed by atoms with E-state index in [1.54, 1.807) is 6.07 Å². The minimum absolute atomic E-state index is 0.368. The summed E-state index contributed by atoms with van der Waals surface area (Å²) in [5, 5.41) is 13.0. The Hall–Kier alpha value is -1.06. The zero-order chi connectivity index (χ0) is 12.8. The second-order valence-corrected chi connectivity index (χ2v) is 5.10. The maximum absolute atomic E-state index is 9.52. The highest BCUT2D eigenvalue weighted by molar-refractivity contribution is 5.27. The van der Waals surface area contributed by atoms with Crippen LogP contribution in [0.1, 0.15) is 31.7 Å². The Morgan fingerprint density at radius 2 is 2.28 bits per heavy atom. The van der Waals surface area contributed by atoms with Gasteiger partial charge in [0.15, 0.2) is 0 Å². The number of nitrogens with one attached hydrogen (secondary N) is 1. The lowest BCUT2D eigenvalue weighted by Crippen LogP contribution is -2.44. The van der Waals surface area contributed by atoms with Crippen molar-refractivity contribution in [2.75, 3.05) is 19.6 Å². The molecule has 0 aliphatic carbocycles. The van der Waals surface area contributed by atoms with Crippen LogP contribution in [-0.4, -0.2) is 35.7 Å². The van der Waals surface area contributed by atoms with Crippen molar-refractivity contribution >= 4 is 0 Å². The number of phenols is 1. The fourth-order valence-corrected chi connectivity index (χ4v) is 2.70. The number of nitrogens with zero attached hydrogens (tertiary/aromatic N) is 1. The molecule has 3 nitrogen and oxygen atoms in total. The Kier molecular flexibility index (Phi) is 5.02. The lowest BCUT2D eigenvalue weighted by atomic mass is 10.0. The number of likely N-dealkylation sites (tertiary alicyclic amines) is 1. The molecule has 0 bridgehead atoms. The Morgan fingerprint density at radius 1 is 1.39 bits per heavy atom. The molecular weight excluding hydrogens is 224 g/mol.